The summed E-state index contributed by atoms with van der Waals surface area (Å²) in [5.41, 5.74) is 1.22. The Morgan fingerprint density at radius 1 is 1.31 bits per heavy atom. The van der Waals surface area contributed by atoms with Crippen molar-refractivity contribution in [1.29, 1.82) is 0 Å². The fourth-order valence-electron chi connectivity index (χ4n) is 1.48. The fourth-order valence-corrected chi connectivity index (χ4v) is 1.48. The molecule has 89 valence electrons. The van der Waals surface area contributed by atoms with E-state index in [9.17, 15) is 0 Å². The molecule has 1 aromatic carbocycles. The maximum absolute atomic E-state index is 5.66. The van der Waals surface area contributed by atoms with Crippen LogP contribution in [0.1, 0.15) is 25.3 Å². The summed E-state index contributed by atoms with van der Waals surface area (Å²) in [5.74, 6) is 0.955. The predicted octanol–water partition coefficient (Wildman–Crippen LogP) is 2.83. The van der Waals surface area contributed by atoms with Gasteiger partial charge >= 0.3 is 0 Å². The van der Waals surface area contributed by atoms with Gasteiger partial charge in [0.1, 0.15) is 5.75 Å². The van der Waals surface area contributed by atoms with E-state index in [1.165, 1.54) is 12.0 Å². The second-order valence-corrected chi connectivity index (χ2v) is 3.85. The fraction of sp³-hybridized carbons (Fsp3) is 0.500. The molecule has 1 N–H and O–H groups in total. The molecule has 16 heavy (non-hydrogen) atoms. The quantitative estimate of drug-likeness (QED) is 0.680. The van der Waals surface area contributed by atoms with Gasteiger partial charge in [-0.2, -0.15) is 0 Å². The van der Waals surface area contributed by atoms with Crippen molar-refractivity contribution in [2.75, 3.05) is 19.7 Å². The maximum atomic E-state index is 5.66. The summed E-state index contributed by atoms with van der Waals surface area (Å²) in [6, 6.07) is 8.15. The minimum Gasteiger partial charge on any atom is -0.494 e. The van der Waals surface area contributed by atoms with Crippen molar-refractivity contribution in [1.82, 2.24) is 5.32 Å². The second kappa shape index (κ2) is 8.17. The van der Waals surface area contributed by atoms with Crippen molar-refractivity contribution in [3.8, 4) is 5.75 Å². The zero-order valence-corrected chi connectivity index (χ0v) is 10.2. The van der Waals surface area contributed by atoms with Crippen LogP contribution in [-0.2, 0) is 6.42 Å². The smallest absolute Gasteiger partial charge is 0.119 e. The highest BCUT2D eigenvalue weighted by molar-refractivity contribution is 5.28. The van der Waals surface area contributed by atoms with Gasteiger partial charge in [0.25, 0.3) is 0 Å². The van der Waals surface area contributed by atoms with E-state index in [0.717, 1.165) is 38.3 Å². The topological polar surface area (TPSA) is 21.3 Å². The Labute approximate surface area is 99.0 Å². The van der Waals surface area contributed by atoms with Gasteiger partial charge in [0.2, 0.25) is 0 Å². The van der Waals surface area contributed by atoms with E-state index in [2.05, 4.69) is 31.3 Å². The molecular formula is C14H22NO. The van der Waals surface area contributed by atoms with Gasteiger partial charge < -0.3 is 10.1 Å². The van der Waals surface area contributed by atoms with E-state index >= 15 is 0 Å². The van der Waals surface area contributed by atoms with Gasteiger partial charge in [-0.05, 0) is 57.0 Å². The highest BCUT2D eigenvalue weighted by Gasteiger charge is 1.95. The van der Waals surface area contributed by atoms with Crippen LogP contribution in [0.3, 0.4) is 0 Å². The molecule has 1 rings (SSSR count). The molecule has 0 saturated carbocycles. The minimum atomic E-state index is 0.775. The second-order valence-electron chi connectivity index (χ2n) is 3.85. The molecular weight excluding hydrogens is 198 g/mol. The summed E-state index contributed by atoms with van der Waals surface area (Å²) in [6.45, 7) is 8.94. The molecule has 0 aliphatic rings. The van der Waals surface area contributed by atoms with Crippen LogP contribution in [0.2, 0.25) is 0 Å². The van der Waals surface area contributed by atoms with Crippen molar-refractivity contribution in [2.45, 2.75) is 26.2 Å². The molecule has 0 atom stereocenters. The Bertz CT molecular complexity index is 286. The van der Waals surface area contributed by atoms with Crippen molar-refractivity contribution in [3.05, 3.63) is 36.8 Å². The Morgan fingerprint density at radius 2 is 2.19 bits per heavy atom. The van der Waals surface area contributed by atoms with Crippen LogP contribution in [0.25, 0.3) is 0 Å². The van der Waals surface area contributed by atoms with Gasteiger partial charge in [0.05, 0.1) is 6.61 Å². The highest BCUT2D eigenvalue weighted by atomic mass is 16.5. The summed E-state index contributed by atoms with van der Waals surface area (Å²) in [7, 11) is 0. The van der Waals surface area contributed by atoms with Crippen molar-refractivity contribution in [3.63, 3.8) is 0 Å². The summed E-state index contributed by atoms with van der Waals surface area (Å²) < 4.78 is 5.66. The van der Waals surface area contributed by atoms with Crippen LogP contribution in [-0.4, -0.2) is 19.7 Å². The van der Waals surface area contributed by atoms with Gasteiger partial charge in [-0.3, -0.25) is 0 Å². The average molecular weight is 220 g/mol. The van der Waals surface area contributed by atoms with Crippen molar-refractivity contribution >= 4 is 0 Å². The maximum Gasteiger partial charge on any atom is 0.119 e. The standard InChI is InChI=1S/C14H22NO/c1-3-9-15-10-6-11-16-14-8-5-7-13(4-2)12-14/h5,7-8,12,15H,2-4,6,9-11H2,1H3. The third kappa shape index (κ3) is 5.17. The molecule has 2 nitrogen and oxygen atoms in total. The molecule has 0 amide bonds. The molecule has 0 aromatic heterocycles. The molecule has 1 radical (unpaired) electrons. The van der Waals surface area contributed by atoms with E-state index in [-0.39, 0.29) is 0 Å². The minimum absolute atomic E-state index is 0.775. The van der Waals surface area contributed by atoms with Crippen LogP contribution < -0.4 is 10.1 Å². The van der Waals surface area contributed by atoms with Crippen LogP contribution in [0.15, 0.2) is 24.3 Å². The lowest BCUT2D eigenvalue weighted by Crippen LogP contribution is -2.18. The van der Waals surface area contributed by atoms with Crippen LogP contribution in [0.4, 0.5) is 0 Å². The number of ether oxygens (including phenoxy) is 1. The molecule has 1 aromatic rings. The SMILES string of the molecule is [CH2]Cc1cccc(OCCCNCCC)c1. The molecule has 0 saturated heterocycles. The molecule has 0 aliphatic carbocycles. The lowest BCUT2D eigenvalue weighted by Gasteiger charge is -2.07. The van der Waals surface area contributed by atoms with E-state index < -0.39 is 0 Å². The molecule has 0 heterocycles. The van der Waals surface area contributed by atoms with Crippen LogP contribution in [0.5, 0.6) is 5.75 Å². The van der Waals surface area contributed by atoms with Gasteiger partial charge in [-0.25, -0.2) is 0 Å². The molecule has 0 fully saturated rings. The number of hydrogen-bond acceptors (Lipinski definition) is 2. The highest BCUT2D eigenvalue weighted by Crippen LogP contribution is 2.13. The first-order chi connectivity index (χ1) is 7.86. The zero-order valence-electron chi connectivity index (χ0n) is 10.2. The summed E-state index contributed by atoms with van der Waals surface area (Å²) in [5, 5.41) is 3.35. The van der Waals surface area contributed by atoms with Crippen molar-refractivity contribution < 1.29 is 4.74 Å². The van der Waals surface area contributed by atoms with E-state index in [0.29, 0.717) is 0 Å². The lowest BCUT2D eigenvalue weighted by atomic mass is 10.2. The van der Waals surface area contributed by atoms with Gasteiger partial charge in [0.15, 0.2) is 0 Å². The summed E-state index contributed by atoms with van der Waals surface area (Å²) >= 11 is 0. The Hall–Kier alpha value is -1.02. The predicted molar refractivity (Wildman–Crippen MR) is 68.8 cm³/mol. The molecule has 0 unspecified atom stereocenters. The van der Waals surface area contributed by atoms with E-state index in [1.807, 2.05) is 12.1 Å². The third-order valence-corrected chi connectivity index (χ3v) is 2.38. The van der Waals surface area contributed by atoms with Gasteiger partial charge in [0, 0.05) is 0 Å². The summed E-state index contributed by atoms with van der Waals surface area (Å²) in [4.78, 5) is 0. The number of benzene rings is 1. The third-order valence-electron chi connectivity index (χ3n) is 2.38. The lowest BCUT2D eigenvalue weighted by molar-refractivity contribution is 0.308. The van der Waals surface area contributed by atoms with E-state index in [4.69, 9.17) is 4.74 Å². The molecule has 2 heteroatoms. The largest absolute Gasteiger partial charge is 0.494 e. The first-order valence-corrected chi connectivity index (χ1v) is 6.08. The van der Waals surface area contributed by atoms with Crippen LogP contribution >= 0.6 is 0 Å². The number of nitrogens with one attached hydrogen (secondary N) is 1. The average Bonchev–Trinajstić information content (AvgIpc) is 2.34. The number of rotatable bonds is 8. The summed E-state index contributed by atoms with van der Waals surface area (Å²) in [6.07, 6.45) is 3.05. The monoisotopic (exact) mass is 220 g/mol. The van der Waals surface area contributed by atoms with Gasteiger partial charge in [-0.1, -0.05) is 19.1 Å². The first kappa shape index (κ1) is 13.0. The first-order valence-electron chi connectivity index (χ1n) is 6.08. The molecule has 0 bridgehead atoms. The van der Waals surface area contributed by atoms with Gasteiger partial charge in [-0.15, -0.1) is 0 Å². The van der Waals surface area contributed by atoms with E-state index in [1.54, 1.807) is 0 Å². The Morgan fingerprint density at radius 3 is 2.94 bits per heavy atom. The molecule has 0 aliphatic heterocycles. The normalized spacial score (nSPS) is 10.4. The zero-order chi connectivity index (χ0) is 11.6. The van der Waals surface area contributed by atoms with Crippen LogP contribution in [0, 0.1) is 6.92 Å². The molecule has 0 spiro atoms. The van der Waals surface area contributed by atoms with Crippen molar-refractivity contribution in [2.24, 2.45) is 0 Å². The number of hydrogen-bond donors (Lipinski definition) is 1. The Balaban J connectivity index is 2.16. The Kier molecular flexibility index (Phi) is 6.66.